The second kappa shape index (κ2) is 21.2. The molecule has 0 aliphatic carbocycles. The van der Waals surface area contributed by atoms with E-state index < -0.39 is 108 Å². The largest absolute Gasteiger partial charge is 0.481 e. The first kappa shape index (κ1) is 44.0. The summed E-state index contributed by atoms with van der Waals surface area (Å²) in [6.07, 6.45) is 0.224. The molecule has 284 valence electrons. The third-order valence-electron chi connectivity index (χ3n) is 7.01. The van der Waals surface area contributed by atoms with Crippen molar-refractivity contribution in [1.82, 2.24) is 47.2 Å². The molecule has 0 aliphatic heterocycles. The average Bonchev–Trinajstić information content (AvgIpc) is 3.56. The number of primary amides is 1. The van der Waals surface area contributed by atoms with Crippen molar-refractivity contribution in [2.75, 3.05) is 11.5 Å². The van der Waals surface area contributed by atoms with Gasteiger partial charge in [0.15, 0.2) is 0 Å². The maximum Gasteiger partial charge on any atom is 0.405 e. The van der Waals surface area contributed by atoms with Gasteiger partial charge in [-0.05, 0) is 19.8 Å². The van der Waals surface area contributed by atoms with Gasteiger partial charge >= 0.3 is 12.1 Å². The van der Waals surface area contributed by atoms with E-state index in [1.54, 1.807) is 13.8 Å². The standard InChI is InChI=1S/C28H44N10O11S2/c1-11(2)20(27(47)35-16(6-19(39)40)25(45)36-17(8-50)21(29)41)38-23(43)13(4)32-24(44)15(5-14-7-30-10-31-14)34-22(42)12(3)33-26(46)18(9-51)37-28(48)49/h7,10-13,15-18,20,37,50-51H,5-6,8-9H2,1-4H3,(H2,29,41)(H,30,31)(H,32,44)(H,33,46)(H,34,42)(H,35,47)(H,36,45)(H,38,43)(H,39,40)(H,48,49)/t12-,13-,15-,16-,17-,18-,20-/m0/s1. The van der Waals surface area contributed by atoms with E-state index in [-0.39, 0.29) is 17.9 Å². The number of nitrogens with two attached hydrogens (primary N) is 1. The molecule has 7 atom stereocenters. The number of H-pyrrole nitrogens is 1. The SMILES string of the molecule is CC(C)[C@H](NC(=O)[C@H](C)NC(=O)[C@H](Cc1cnc[nH]1)NC(=O)[C@H](C)NC(=O)[C@H](CS)NC(=O)O)C(=O)N[C@@H](CC(=O)O)C(=O)N[C@@H](CS)C(N)=O. The highest BCUT2D eigenvalue weighted by molar-refractivity contribution is 7.80. The number of carbonyl (C=O) groups is 9. The zero-order valence-corrected chi connectivity index (χ0v) is 29.9. The number of hydrogen-bond donors (Lipinski definition) is 13. The van der Waals surface area contributed by atoms with Crippen molar-refractivity contribution < 1.29 is 53.4 Å². The molecule has 0 aromatic carbocycles. The summed E-state index contributed by atoms with van der Waals surface area (Å²) in [6, 6.07) is -9.41. The maximum atomic E-state index is 13.3. The Kier molecular flexibility index (Phi) is 18.3. The molecule has 8 amide bonds. The number of nitrogens with zero attached hydrogens (tertiary/aromatic N) is 1. The van der Waals surface area contributed by atoms with Crippen LogP contribution in [-0.4, -0.2) is 127 Å². The Hall–Kier alpha value is -5.06. The molecular formula is C28H44N10O11S2. The Morgan fingerprint density at radius 3 is 1.63 bits per heavy atom. The molecule has 0 saturated carbocycles. The van der Waals surface area contributed by atoms with Gasteiger partial charge < -0.3 is 58.1 Å². The Balaban J connectivity index is 3.06. The van der Waals surface area contributed by atoms with Gasteiger partial charge in [-0.3, -0.25) is 38.4 Å². The third kappa shape index (κ3) is 15.2. The van der Waals surface area contributed by atoms with Crippen LogP contribution in [0.15, 0.2) is 12.5 Å². The Morgan fingerprint density at radius 1 is 0.686 bits per heavy atom. The van der Waals surface area contributed by atoms with Crippen LogP contribution in [-0.2, 0) is 44.8 Å². The Labute approximate surface area is 303 Å². The first-order chi connectivity index (χ1) is 23.8. The third-order valence-corrected chi connectivity index (χ3v) is 7.74. The summed E-state index contributed by atoms with van der Waals surface area (Å²) in [4.78, 5) is 118. The minimum atomic E-state index is -1.66. The molecule has 23 heteroatoms. The first-order valence-electron chi connectivity index (χ1n) is 15.3. The highest BCUT2D eigenvalue weighted by atomic mass is 32.1. The normalized spacial score (nSPS) is 15.0. The van der Waals surface area contributed by atoms with Gasteiger partial charge in [0, 0.05) is 29.8 Å². The van der Waals surface area contributed by atoms with Crippen molar-refractivity contribution in [3.8, 4) is 0 Å². The number of amides is 8. The number of aromatic amines is 1. The number of imidazole rings is 1. The van der Waals surface area contributed by atoms with Gasteiger partial charge in [0.2, 0.25) is 41.4 Å². The number of carboxylic acid groups (broad SMARTS) is 2. The van der Waals surface area contributed by atoms with Gasteiger partial charge in [-0.15, -0.1) is 0 Å². The highest BCUT2D eigenvalue weighted by Gasteiger charge is 2.34. The lowest BCUT2D eigenvalue weighted by Crippen LogP contribution is -2.60. The Morgan fingerprint density at radius 2 is 1.18 bits per heavy atom. The number of thiol groups is 2. The second-order valence-corrected chi connectivity index (χ2v) is 12.3. The molecule has 1 aromatic rings. The molecule has 0 radical (unpaired) electrons. The zero-order chi connectivity index (χ0) is 39.0. The number of hydrogen-bond acceptors (Lipinski definition) is 12. The molecule has 1 heterocycles. The number of carboxylic acids is 1. The fourth-order valence-corrected chi connectivity index (χ4v) is 4.69. The fraction of sp³-hybridized carbons (Fsp3) is 0.571. The molecule has 12 N–H and O–H groups in total. The van der Waals surface area contributed by atoms with Gasteiger partial charge in [0.25, 0.3) is 0 Å². The van der Waals surface area contributed by atoms with Crippen molar-refractivity contribution >= 4 is 78.7 Å². The summed E-state index contributed by atoms with van der Waals surface area (Å²) in [5, 5.41) is 34.3. The van der Waals surface area contributed by atoms with Crippen LogP contribution in [0, 0.1) is 5.92 Å². The fourth-order valence-electron chi connectivity index (χ4n) is 4.16. The van der Waals surface area contributed by atoms with Crippen LogP contribution in [0.4, 0.5) is 4.79 Å². The van der Waals surface area contributed by atoms with Crippen LogP contribution in [0.1, 0.15) is 39.8 Å². The van der Waals surface area contributed by atoms with Crippen molar-refractivity contribution in [2.24, 2.45) is 11.7 Å². The summed E-state index contributed by atoms with van der Waals surface area (Å²) < 4.78 is 0. The van der Waals surface area contributed by atoms with Crippen LogP contribution in [0.3, 0.4) is 0 Å². The predicted octanol–water partition coefficient (Wildman–Crippen LogP) is -3.99. The first-order valence-corrected chi connectivity index (χ1v) is 16.6. The molecule has 0 spiro atoms. The van der Waals surface area contributed by atoms with Crippen LogP contribution in [0.2, 0.25) is 0 Å². The van der Waals surface area contributed by atoms with Gasteiger partial charge in [0.1, 0.15) is 42.3 Å². The number of aliphatic carboxylic acids is 1. The molecule has 0 bridgehead atoms. The number of aromatic nitrogens is 2. The highest BCUT2D eigenvalue weighted by Crippen LogP contribution is 2.06. The summed E-state index contributed by atoms with van der Waals surface area (Å²) >= 11 is 7.83. The molecule has 0 fully saturated rings. The number of carbonyl (C=O) groups excluding carboxylic acids is 7. The molecule has 1 aromatic heterocycles. The quantitative estimate of drug-likeness (QED) is 0.0534. The average molecular weight is 761 g/mol. The molecule has 0 unspecified atom stereocenters. The van der Waals surface area contributed by atoms with Crippen LogP contribution < -0.4 is 43.0 Å². The van der Waals surface area contributed by atoms with E-state index in [0.29, 0.717) is 5.69 Å². The monoisotopic (exact) mass is 760 g/mol. The van der Waals surface area contributed by atoms with Gasteiger partial charge in [-0.1, -0.05) is 13.8 Å². The summed E-state index contributed by atoms with van der Waals surface area (Å²) in [7, 11) is 0. The van der Waals surface area contributed by atoms with E-state index in [4.69, 9.17) is 10.8 Å². The Bertz CT molecular complexity index is 1430. The van der Waals surface area contributed by atoms with E-state index in [1.807, 2.05) is 5.32 Å². The van der Waals surface area contributed by atoms with Crippen molar-refractivity contribution in [1.29, 1.82) is 0 Å². The van der Waals surface area contributed by atoms with E-state index in [1.165, 1.54) is 26.4 Å². The molecule has 0 saturated heterocycles. The van der Waals surface area contributed by atoms with E-state index in [9.17, 15) is 48.3 Å². The second-order valence-electron chi connectivity index (χ2n) is 11.5. The van der Waals surface area contributed by atoms with Gasteiger partial charge in [0.05, 0.1) is 12.7 Å². The topological polar surface area (TPSA) is 333 Å². The van der Waals surface area contributed by atoms with Crippen molar-refractivity contribution in [3.05, 3.63) is 18.2 Å². The van der Waals surface area contributed by atoms with E-state index in [0.717, 1.165) is 0 Å². The van der Waals surface area contributed by atoms with Crippen molar-refractivity contribution in [3.63, 3.8) is 0 Å². The molecular weight excluding hydrogens is 717 g/mol. The lowest BCUT2D eigenvalue weighted by Gasteiger charge is -2.27. The van der Waals surface area contributed by atoms with Gasteiger partial charge in [-0.2, -0.15) is 25.3 Å². The lowest BCUT2D eigenvalue weighted by atomic mass is 10.0. The van der Waals surface area contributed by atoms with Crippen LogP contribution in [0.25, 0.3) is 0 Å². The van der Waals surface area contributed by atoms with Crippen LogP contribution >= 0.6 is 25.3 Å². The number of rotatable bonds is 21. The summed E-state index contributed by atoms with van der Waals surface area (Å²) in [6.45, 7) is 5.69. The zero-order valence-electron chi connectivity index (χ0n) is 28.1. The molecule has 0 aliphatic rings. The summed E-state index contributed by atoms with van der Waals surface area (Å²) in [5.41, 5.74) is 5.61. The predicted molar refractivity (Wildman–Crippen MR) is 184 cm³/mol. The minimum absolute atomic E-state index is 0.139. The van der Waals surface area contributed by atoms with E-state index >= 15 is 0 Å². The van der Waals surface area contributed by atoms with Crippen molar-refractivity contribution in [2.45, 2.75) is 82.8 Å². The summed E-state index contributed by atoms with van der Waals surface area (Å²) in [5.74, 6) is -8.79. The maximum absolute atomic E-state index is 13.3. The van der Waals surface area contributed by atoms with Crippen LogP contribution in [0.5, 0.6) is 0 Å². The smallest absolute Gasteiger partial charge is 0.405 e. The molecule has 1 rings (SSSR count). The van der Waals surface area contributed by atoms with Gasteiger partial charge in [-0.25, -0.2) is 9.78 Å². The molecule has 21 nitrogen and oxygen atoms in total. The number of nitrogens with one attached hydrogen (secondary N) is 8. The lowest BCUT2D eigenvalue weighted by molar-refractivity contribution is -0.141. The molecule has 51 heavy (non-hydrogen) atoms. The minimum Gasteiger partial charge on any atom is -0.481 e. The van der Waals surface area contributed by atoms with E-state index in [2.05, 4.69) is 67.1 Å².